The molecule has 1 aromatic carbocycles. The Balaban J connectivity index is 1.94. The number of rotatable bonds is 5. The number of anilines is 1. The van der Waals surface area contributed by atoms with Crippen molar-refractivity contribution >= 4 is 16.7 Å². The first-order valence-electron chi connectivity index (χ1n) is 7.52. The standard InChI is InChI=1S/C17H23N3/c1-18-11-15-10-14-8-3-4-9-16(14)19-17(15)20(2)12-13-6-5-7-13/h3-4,8-10,13,18H,5-7,11-12H2,1-2H3. The Morgan fingerprint density at radius 1 is 1.30 bits per heavy atom. The minimum atomic E-state index is 0.857. The highest BCUT2D eigenvalue weighted by Gasteiger charge is 2.21. The second kappa shape index (κ2) is 5.80. The number of hydrogen-bond acceptors (Lipinski definition) is 3. The highest BCUT2D eigenvalue weighted by atomic mass is 15.2. The minimum Gasteiger partial charge on any atom is -0.359 e. The van der Waals surface area contributed by atoms with Crippen LogP contribution in [-0.4, -0.2) is 25.6 Å². The van der Waals surface area contributed by atoms with Crippen LogP contribution in [0.4, 0.5) is 5.82 Å². The molecule has 0 radical (unpaired) electrons. The first-order valence-corrected chi connectivity index (χ1v) is 7.52. The van der Waals surface area contributed by atoms with Crippen LogP contribution in [0.1, 0.15) is 24.8 Å². The van der Waals surface area contributed by atoms with Gasteiger partial charge in [-0.25, -0.2) is 4.98 Å². The highest BCUT2D eigenvalue weighted by Crippen LogP contribution is 2.29. The predicted molar refractivity (Wildman–Crippen MR) is 85.1 cm³/mol. The molecule has 106 valence electrons. The van der Waals surface area contributed by atoms with Gasteiger partial charge < -0.3 is 10.2 Å². The molecule has 1 heterocycles. The summed E-state index contributed by atoms with van der Waals surface area (Å²) in [6, 6.07) is 10.6. The molecule has 0 saturated heterocycles. The van der Waals surface area contributed by atoms with E-state index in [0.29, 0.717) is 0 Å². The molecule has 3 rings (SSSR count). The molecule has 0 atom stereocenters. The average Bonchev–Trinajstić information content (AvgIpc) is 2.42. The summed E-state index contributed by atoms with van der Waals surface area (Å²) in [7, 11) is 4.17. The van der Waals surface area contributed by atoms with Crippen LogP contribution in [0.15, 0.2) is 30.3 Å². The van der Waals surface area contributed by atoms with Crippen molar-refractivity contribution < 1.29 is 0 Å². The van der Waals surface area contributed by atoms with Gasteiger partial charge in [-0.05, 0) is 37.9 Å². The van der Waals surface area contributed by atoms with Gasteiger partial charge in [0.05, 0.1) is 5.52 Å². The number of hydrogen-bond donors (Lipinski definition) is 1. The SMILES string of the molecule is CNCc1cc2ccccc2nc1N(C)CC1CCC1. The zero-order valence-electron chi connectivity index (χ0n) is 12.4. The second-order valence-corrected chi connectivity index (χ2v) is 5.87. The molecular weight excluding hydrogens is 246 g/mol. The fraction of sp³-hybridized carbons (Fsp3) is 0.471. The Morgan fingerprint density at radius 3 is 2.80 bits per heavy atom. The van der Waals surface area contributed by atoms with Gasteiger partial charge >= 0.3 is 0 Å². The number of aromatic nitrogens is 1. The lowest BCUT2D eigenvalue weighted by molar-refractivity contribution is 0.321. The van der Waals surface area contributed by atoms with Gasteiger partial charge in [0.2, 0.25) is 0 Å². The van der Waals surface area contributed by atoms with E-state index in [4.69, 9.17) is 4.98 Å². The summed E-state index contributed by atoms with van der Waals surface area (Å²) in [6.45, 7) is 1.99. The predicted octanol–water partition coefficient (Wildman–Crippen LogP) is 3.19. The highest BCUT2D eigenvalue weighted by molar-refractivity contribution is 5.81. The molecule has 1 aromatic heterocycles. The molecule has 0 bridgehead atoms. The Bertz CT molecular complexity index is 590. The molecule has 3 heteroatoms. The fourth-order valence-electron chi connectivity index (χ4n) is 2.95. The van der Waals surface area contributed by atoms with Crippen molar-refractivity contribution in [3.8, 4) is 0 Å². The summed E-state index contributed by atoms with van der Waals surface area (Å²) in [5.41, 5.74) is 2.37. The third kappa shape index (κ3) is 2.63. The van der Waals surface area contributed by atoms with E-state index in [2.05, 4.69) is 47.6 Å². The molecule has 1 aliphatic carbocycles. The quantitative estimate of drug-likeness (QED) is 0.903. The summed E-state index contributed by atoms with van der Waals surface area (Å²) in [4.78, 5) is 7.23. The van der Waals surface area contributed by atoms with E-state index in [-0.39, 0.29) is 0 Å². The summed E-state index contributed by atoms with van der Waals surface area (Å²) in [5.74, 6) is 1.99. The Hall–Kier alpha value is -1.61. The Kier molecular flexibility index (Phi) is 3.88. The van der Waals surface area contributed by atoms with Gasteiger partial charge in [0.25, 0.3) is 0 Å². The lowest BCUT2D eigenvalue weighted by Gasteiger charge is -2.31. The van der Waals surface area contributed by atoms with Crippen molar-refractivity contribution in [2.24, 2.45) is 5.92 Å². The third-order valence-electron chi connectivity index (χ3n) is 4.27. The van der Waals surface area contributed by atoms with Crippen LogP contribution in [0.3, 0.4) is 0 Å². The number of fused-ring (bicyclic) bond motifs is 1. The fourth-order valence-corrected chi connectivity index (χ4v) is 2.95. The molecule has 3 nitrogen and oxygen atoms in total. The maximum atomic E-state index is 4.89. The van der Waals surface area contributed by atoms with Gasteiger partial charge in [0.1, 0.15) is 5.82 Å². The topological polar surface area (TPSA) is 28.2 Å². The molecule has 1 saturated carbocycles. The van der Waals surface area contributed by atoms with Crippen molar-refractivity contribution in [1.82, 2.24) is 10.3 Å². The van der Waals surface area contributed by atoms with Crippen molar-refractivity contribution in [2.45, 2.75) is 25.8 Å². The zero-order valence-corrected chi connectivity index (χ0v) is 12.4. The number of benzene rings is 1. The van der Waals surface area contributed by atoms with E-state index in [1.807, 2.05) is 7.05 Å². The largest absolute Gasteiger partial charge is 0.359 e. The van der Waals surface area contributed by atoms with Gasteiger partial charge in [-0.15, -0.1) is 0 Å². The van der Waals surface area contributed by atoms with Crippen molar-refractivity contribution in [3.63, 3.8) is 0 Å². The average molecular weight is 269 g/mol. The molecule has 0 aliphatic heterocycles. The van der Waals surface area contributed by atoms with Crippen LogP contribution in [0.2, 0.25) is 0 Å². The lowest BCUT2D eigenvalue weighted by atomic mass is 9.85. The van der Waals surface area contributed by atoms with E-state index in [1.54, 1.807) is 0 Å². The van der Waals surface area contributed by atoms with E-state index in [1.165, 1.54) is 30.2 Å². The maximum absolute atomic E-state index is 4.89. The minimum absolute atomic E-state index is 0.857. The van der Waals surface area contributed by atoms with E-state index in [9.17, 15) is 0 Å². The molecule has 0 spiro atoms. The molecule has 20 heavy (non-hydrogen) atoms. The number of nitrogens with zero attached hydrogens (tertiary/aromatic N) is 2. The van der Waals surface area contributed by atoms with Crippen molar-refractivity contribution in [1.29, 1.82) is 0 Å². The monoisotopic (exact) mass is 269 g/mol. The van der Waals surface area contributed by atoms with Crippen molar-refractivity contribution in [2.75, 3.05) is 25.5 Å². The van der Waals surface area contributed by atoms with Crippen LogP contribution >= 0.6 is 0 Å². The van der Waals surface area contributed by atoms with E-state index in [0.717, 1.165) is 30.3 Å². The van der Waals surface area contributed by atoms with Crippen LogP contribution < -0.4 is 10.2 Å². The number of nitrogens with one attached hydrogen (secondary N) is 1. The zero-order chi connectivity index (χ0) is 13.9. The van der Waals surface area contributed by atoms with Gasteiger partial charge in [0, 0.05) is 31.1 Å². The van der Waals surface area contributed by atoms with E-state index < -0.39 is 0 Å². The first kappa shape index (κ1) is 13.4. The molecule has 0 unspecified atom stereocenters. The van der Waals surface area contributed by atoms with Crippen LogP contribution in [0.25, 0.3) is 10.9 Å². The van der Waals surface area contributed by atoms with Gasteiger partial charge in [-0.2, -0.15) is 0 Å². The maximum Gasteiger partial charge on any atom is 0.133 e. The van der Waals surface area contributed by atoms with Crippen LogP contribution in [0.5, 0.6) is 0 Å². The summed E-state index contributed by atoms with van der Waals surface area (Å²) in [5, 5.41) is 4.48. The Labute approximate surface area is 121 Å². The molecular formula is C17H23N3. The smallest absolute Gasteiger partial charge is 0.133 e. The van der Waals surface area contributed by atoms with Gasteiger partial charge in [-0.1, -0.05) is 24.6 Å². The van der Waals surface area contributed by atoms with E-state index >= 15 is 0 Å². The van der Waals surface area contributed by atoms with Crippen LogP contribution in [-0.2, 0) is 6.54 Å². The third-order valence-corrected chi connectivity index (χ3v) is 4.27. The normalized spacial score (nSPS) is 15.3. The molecule has 1 fully saturated rings. The van der Waals surface area contributed by atoms with Crippen LogP contribution in [0, 0.1) is 5.92 Å². The number of pyridine rings is 1. The second-order valence-electron chi connectivity index (χ2n) is 5.87. The molecule has 1 N–H and O–H groups in total. The lowest BCUT2D eigenvalue weighted by Crippen LogP contribution is -2.31. The van der Waals surface area contributed by atoms with Crippen molar-refractivity contribution in [3.05, 3.63) is 35.9 Å². The van der Waals surface area contributed by atoms with Gasteiger partial charge in [-0.3, -0.25) is 0 Å². The molecule has 1 aliphatic rings. The molecule has 2 aromatic rings. The Morgan fingerprint density at radius 2 is 2.10 bits per heavy atom. The molecule has 0 amide bonds. The number of para-hydroxylation sites is 1. The van der Waals surface area contributed by atoms with Gasteiger partial charge in [0.15, 0.2) is 0 Å². The summed E-state index contributed by atoms with van der Waals surface area (Å²) in [6.07, 6.45) is 4.14. The summed E-state index contributed by atoms with van der Waals surface area (Å²) < 4.78 is 0. The summed E-state index contributed by atoms with van der Waals surface area (Å²) >= 11 is 0. The first-order chi connectivity index (χ1) is 9.78.